The van der Waals surface area contributed by atoms with Crippen LogP contribution in [0, 0.1) is 5.92 Å². The minimum atomic E-state index is -4.74. The number of nitrogens with two attached hydrogens (primary N) is 1. The molecule has 0 aliphatic carbocycles. The van der Waals surface area contributed by atoms with Gasteiger partial charge in [-0.3, -0.25) is 4.79 Å². The van der Waals surface area contributed by atoms with Crippen LogP contribution in [0.5, 0.6) is 5.75 Å². The molecule has 1 aromatic carbocycles. The first kappa shape index (κ1) is 20.6. The zero-order valence-corrected chi connectivity index (χ0v) is 14.2. The second kappa shape index (κ2) is 8.58. The van der Waals surface area contributed by atoms with E-state index in [1.165, 1.54) is 12.1 Å². The fraction of sp³-hybridized carbons (Fsp3) is 0.562. The summed E-state index contributed by atoms with van der Waals surface area (Å²) in [4.78, 5) is 14.1. The highest BCUT2D eigenvalue weighted by Crippen LogP contribution is 2.28. The number of aryl methyl sites for hydroxylation is 1. The van der Waals surface area contributed by atoms with E-state index >= 15 is 0 Å². The van der Waals surface area contributed by atoms with Crippen LogP contribution in [0.25, 0.3) is 0 Å². The molecule has 136 valence electrons. The molecule has 4 nitrogen and oxygen atoms in total. The number of nitrogens with zero attached hydrogens (tertiary/aromatic N) is 1. The van der Waals surface area contributed by atoms with E-state index in [0.717, 1.165) is 6.42 Å². The lowest BCUT2D eigenvalue weighted by Gasteiger charge is -2.22. The zero-order valence-electron chi connectivity index (χ0n) is 13.4. The third-order valence-corrected chi connectivity index (χ3v) is 4.12. The van der Waals surface area contributed by atoms with Crippen molar-refractivity contribution >= 4 is 18.3 Å². The standard InChI is InChI=1S/C16H21F3N2O2.ClH/c1-11-8-12(9-20)10-21(11)15(22)7-6-13-4-2-3-5-14(13)23-16(17,18)19;/h2-5,11-12H,6-10,20H2,1H3;1H. The van der Waals surface area contributed by atoms with Crippen LogP contribution >= 0.6 is 12.4 Å². The van der Waals surface area contributed by atoms with Crippen molar-refractivity contribution in [2.45, 2.75) is 38.6 Å². The van der Waals surface area contributed by atoms with Gasteiger partial charge in [-0.25, -0.2) is 0 Å². The Morgan fingerprint density at radius 1 is 1.38 bits per heavy atom. The maximum Gasteiger partial charge on any atom is 0.573 e. The van der Waals surface area contributed by atoms with Gasteiger partial charge in [0.2, 0.25) is 5.91 Å². The second-order valence-electron chi connectivity index (χ2n) is 5.89. The minimum Gasteiger partial charge on any atom is -0.406 e. The molecular formula is C16H22ClF3N2O2. The van der Waals surface area contributed by atoms with Gasteiger partial charge < -0.3 is 15.4 Å². The third kappa shape index (κ3) is 5.56. The van der Waals surface area contributed by atoms with Gasteiger partial charge >= 0.3 is 6.36 Å². The zero-order chi connectivity index (χ0) is 17.0. The molecule has 2 unspecified atom stereocenters. The van der Waals surface area contributed by atoms with Crippen molar-refractivity contribution in [1.29, 1.82) is 0 Å². The monoisotopic (exact) mass is 366 g/mol. The fourth-order valence-corrected chi connectivity index (χ4v) is 2.98. The van der Waals surface area contributed by atoms with Gasteiger partial charge in [0.25, 0.3) is 0 Å². The number of halogens is 4. The van der Waals surface area contributed by atoms with Gasteiger partial charge in [-0.2, -0.15) is 0 Å². The molecule has 1 amide bonds. The van der Waals surface area contributed by atoms with Crippen LogP contribution in [-0.2, 0) is 11.2 Å². The Bertz CT molecular complexity index is 554. The SMILES string of the molecule is CC1CC(CN)CN1C(=O)CCc1ccccc1OC(F)(F)F.Cl. The van der Waals surface area contributed by atoms with E-state index in [-0.39, 0.29) is 42.9 Å². The van der Waals surface area contributed by atoms with Gasteiger partial charge in [-0.05, 0) is 43.9 Å². The van der Waals surface area contributed by atoms with Crippen LogP contribution in [0.4, 0.5) is 13.2 Å². The highest BCUT2D eigenvalue weighted by molar-refractivity contribution is 5.85. The van der Waals surface area contributed by atoms with Gasteiger partial charge in [0.1, 0.15) is 5.75 Å². The van der Waals surface area contributed by atoms with Crippen molar-refractivity contribution in [3.63, 3.8) is 0 Å². The highest BCUT2D eigenvalue weighted by atomic mass is 35.5. The molecule has 2 atom stereocenters. The van der Waals surface area contributed by atoms with Crippen LogP contribution in [0.1, 0.15) is 25.3 Å². The predicted molar refractivity (Wildman–Crippen MR) is 87.0 cm³/mol. The number of benzene rings is 1. The van der Waals surface area contributed by atoms with Gasteiger partial charge in [0.05, 0.1) is 0 Å². The maximum absolute atomic E-state index is 12.4. The number of hydrogen-bond donors (Lipinski definition) is 1. The molecule has 1 saturated heterocycles. The first-order valence-electron chi connectivity index (χ1n) is 7.63. The Kier molecular flexibility index (Phi) is 7.35. The van der Waals surface area contributed by atoms with E-state index < -0.39 is 6.36 Å². The molecular weight excluding hydrogens is 345 g/mol. The summed E-state index contributed by atoms with van der Waals surface area (Å²) in [5, 5.41) is 0. The van der Waals surface area contributed by atoms with E-state index in [2.05, 4.69) is 4.74 Å². The summed E-state index contributed by atoms with van der Waals surface area (Å²) in [6, 6.07) is 6.03. The Labute approximate surface area is 145 Å². The number of likely N-dealkylation sites (tertiary alicyclic amines) is 1. The number of rotatable bonds is 5. The summed E-state index contributed by atoms with van der Waals surface area (Å²) >= 11 is 0. The number of amides is 1. The summed E-state index contributed by atoms with van der Waals surface area (Å²) in [5.74, 6) is -0.00725. The summed E-state index contributed by atoms with van der Waals surface area (Å²) in [6.45, 7) is 3.13. The van der Waals surface area contributed by atoms with Crippen LogP contribution in [0.15, 0.2) is 24.3 Å². The van der Waals surface area contributed by atoms with E-state index in [9.17, 15) is 18.0 Å². The molecule has 0 aromatic heterocycles. The number of carbonyl (C=O) groups excluding carboxylic acids is 1. The van der Waals surface area contributed by atoms with Crippen LogP contribution in [-0.4, -0.2) is 36.3 Å². The molecule has 0 saturated carbocycles. The Morgan fingerprint density at radius 2 is 2.04 bits per heavy atom. The van der Waals surface area contributed by atoms with E-state index in [0.29, 0.717) is 24.6 Å². The van der Waals surface area contributed by atoms with Crippen molar-refractivity contribution in [3.05, 3.63) is 29.8 Å². The van der Waals surface area contributed by atoms with Crippen LogP contribution in [0.2, 0.25) is 0 Å². The fourth-order valence-electron chi connectivity index (χ4n) is 2.98. The van der Waals surface area contributed by atoms with Crippen LogP contribution in [0.3, 0.4) is 0 Å². The molecule has 1 heterocycles. The molecule has 0 spiro atoms. The Morgan fingerprint density at radius 3 is 2.62 bits per heavy atom. The molecule has 0 bridgehead atoms. The summed E-state index contributed by atoms with van der Waals surface area (Å²) < 4.78 is 41.2. The first-order chi connectivity index (χ1) is 10.8. The molecule has 1 aliphatic heterocycles. The van der Waals surface area contributed by atoms with Crippen molar-refractivity contribution in [3.8, 4) is 5.75 Å². The highest BCUT2D eigenvalue weighted by Gasteiger charge is 2.33. The smallest absolute Gasteiger partial charge is 0.406 e. The molecule has 1 fully saturated rings. The largest absolute Gasteiger partial charge is 0.573 e. The molecule has 24 heavy (non-hydrogen) atoms. The maximum atomic E-state index is 12.4. The predicted octanol–water partition coefficient (Wildman–Crippen LogP) is 3.14. The van der Waals surface area contributed by atoms with Crippen molar-refractivity contribution in [1.82, 2.24) is 4.90 Å². The van der Waals surface area contributed by atoms with Crippen molar-refractivity contribution < 1.29 is 22.7 Å². The van der Waals surface area contributed by atoms with Crippen molar-refractivity contribution in [2.24, 2.45) is 11.7 Å². The molecule has 8 heteroatoms. The lowest BCUT2D eigenvalue weighted by molar-refractivity contribution is -0.274. The number of alkyl halides is 3. The van der Waals surface area contributed by atoms with Gasteiger partial charge in [-0.1, -0.05) is 18.2 Å². The molecule has 2 N–H and O–H groups in total. The molecule has 1 aliphatic rings. The summed E-state index contributed by atoms with van der Waals surface area (Å²) in [6.07, 6.45) is -3.50. The average Bonchev–Trinajstić information content (AvgIpc) is 2.86. The number of ether oxygens (including phenoxy) is 1. The second-order valence-corrected chi connectivity index (χ2v) is 5.89. The Hall–Kier alpha value is -1.47. The van der Waals surface area contributed by atoms with Gasteiger partial charge in [0, 0.05) is 19.0 Å². The lowest BCUT2D eigenvalue weighted by atomic mass is 10.1. The van der Waals surface area contributed by atoms with Crippen molar-refractivity contribution in [2.75, 3.05) is 13.1 Å². The van der Waals surface area contributed by atoms with E-state index in [1.54, 1.807) is 17.0 Å². The number of carbonyl (C=O) groups is 1. The van der Waals surface area contributed by atoms with Gasteiger partial charge in [0.15, 0.2) is 0 Å². The summed E-state index contributed by atoms with van der Waals surface area (Å²) in [7, 11) is 0. The lowest BCUT2D eigenvalue weighted by Crippen LogP contribution is -2.34. The van der Waals surface area contributed by atoms with E-state index in [1.807, 2.05) is 6.92 Å². The summed E-state index contributed by atoms with van der Waals surface area (Å²) in [5.41, 5.74) is 6.02. The third-order valence-electron chi connectivity index (χ3n) is 4.12. The first-order valence-corrected chi connectivity index (χ1v) is 7.63. The average molecular weight is 367 g/mol. The van der Waals surface area contributed by atoms with Crippen LogP contribution < -0.4 is 10.5 Å². The van der Waals surface area contributed by atoms with E-state index in [4.69, 9.17) is 5.73 Å². The molecule has 2 rings (SSSR count). The normalized spacial score (nSPS) is 20.6. The van der Waals surface area contributed by atoms with Gasteiger partial charge in [-0.15, -0.1) is 25.6 Å². The Balaban J connectivity index is 0.00000288. The quantitative estimate of drug-likeness (QED) is 0.871. The number of hydrogen-bond acceptors (Lipinski definition) is 3. The topological polar surface area (TPSA) is 55.6 Å². The minimum absolute atomic E-state index is 0. The number of para-hydroxylation sites is 1. The molecule has 1 aromatic rings. The molecule has 0 radical (unpaired) electrons.